The van der Waals surface area contributed by atoms with Crippen LogP contribution in [0.5, 0.6) is 0 Å². The summed E-state index contributed by atoms with van der Waals surface area (Å²) in [6, 6.07) is 7.59. The minimum atomic E-state index is -4.41. The highest BCUT2D eigenvalue weighted by Crippen LogP contribution is 2.36. The van der Waals surface area contributed by atoms with E-state index in [9.17, 15) is 13.2 Å². The number of halogens is 4. The monoisotopic (exact) mass is 428 g/mol. The quantitative estimate of drug-likeness (QED) is 0.691. The Labute approximate surface area is 173 Å². The van der Waals surface area contributed by atoms with E-state index in [4.69, 9.17) is 20.8 Å². The van der Waals surface area contributed by atoms with E-state index in [1.807, 2.05) is 6.07 Å². The van der Waals surface area contributed by atoms with E-state index >= 15 is 0 Å². The molecule has 2 aromatic rings. The Hall–Kier alpha value is -1.54. The predicted molar refractivity (Wildman–Crippen MR) is 105 cm³/mol. The molecule has 0 spiro atoms. The highest BCUT2D eigenvalue weighted by molar-refractivity contribution is 6.33. The largest absolute Gasteiger partial charge is 0.460 e. The molecule has 0 amide bonds. The lowest BCUT2D eigenvalue weighted by Crippen LogP contribution is -2.48. The van der Waals surface area contributed by atoms with Crippen LogP contribution in [0.2, 0.25) is 5.02 Å². The Morgan fingerprint density at radius 1 is 1.00 bits per heavy atom. The fourth-order valence-electron chi connectivity index (χ4n) is 4.10. The molecule has 2 aliphatic heterocycles. The second-order valence-corrected chi connectivity index (χ2v) is 8.02. The number of piperidine rings is 1. The van der Waals surface area contributed by atoms with Crippen molar-refractivity contribution in [2.75, 3.05) is 39.4 Å². The molecule has 3 heterocycles. The molecule has 2 aliphatic rings. The Bertz CT molecular complexity index is 826. The van der Waals surface area contributed by atoms with Crippen LogP contribution in [0.25, 0.3) is 11.3 Å². The lowest BCUT2D eigenvalue weighted by atomic mass is 10.0. The molecule has 2 fully saturated rings. The molecule has 2 saturated heterocycles. The molecule has 1 aromatic heterocycles. The van der Waals surface area contributed by atoms with Crippen molar-refractivity contribution in [1.29, 1.82) is 0 Å². The van der Waals surface area contributed by atoms with E-state index < -0.39 is 11.7 Å². The van der Waals surface area contributed by atoms with Crippen LogP contribution >= 0.6 is 11.6 Å². The molecular formula is C21H24ClF3N2O2. The first kappa shape index (κ1) is 20.7. The summed E-state index contributed by atoms with van der Waals surface area (Å²) in [7, 11) is 0. The van der Waals surface area contributed by atoms with Crippen LogP contribution < -0.4 is 0 Å². The second-order valence-electron chi connectivity index (χ2n) is 7.61. The summed E-state index contributed by atoms with van der Waals surface area (Å²) >= 11 is 6.08. The van der Waals surface area contributed by atoms with Gasteiger partial charge in [-0.05, 0) is 43.2 Å². The topological polar surface area (TPSA) is 28.9 Å². The van der Waals surface area contributed by atoms with E-state index in [1.54, 1.807) is 6.07 Å². The number of ether oxygens (including phenoxy) is 1. The molecule has 0 bridgehead atoms. The summed E-state index contributed by atoms with van der Waals surface area (Å²) in [6.45, 7) is 6.36. The maximum Gasteiger partial charge on any atom is 0.416 e. The SMILES string of the molecule is FC(F)(F)c1ccc(-c2ccc(CN3CCC(N4CCOCC4)CC3)o2)c(Cl)c1. The third kappa shape index (κ3) is 4.97. The number of furan rings is 1. The van der Waals surface area contributed by atoms with Gasteiger partial charge >= 0.3 is 6.18 Å². The van der Waals surface area contributed by atoms with Gasteiger partial charge in [-0.2, -0.15) is 13.2 Å². The summed E-state index contributed by atoms with van der Waals surface area (Å²) in [6.07, 6.45) is -2.17. The van der Waals surface area contributed by atoms with Crippen LogP contribution in [-0.2, 0) is 17.5 Å². The van der Waals surface area contributed by atoms with Crippen molar-refractivity contribution in [1.82, 2.24) is 9.80 Å². The molecule has 158 valence electrons. The van der Waals surface area contributed by atoms with Crippen molar-refractivity contribution in [2.24, 2.45) is 0 Å². The first-order valence-corrected chi connectivity index (χ1v) is 10.3. The zero-order valence-corrected chi connectivity index (χ0v) is 16.8. The number of hydrogen-bond donors (Lipinski definition) is 0. The van der Waals surface area contributed by atoms with Crippen LogP contribution in [0.15, 0.2) is 34.7 Å². The third-order valence-electron chi connectivity index (χ3n) is 5.72. The molecule has 0 saturated carbocycles. The maximum absolute atomic E-state index is 12.8. The molecular weight excluding hydrogens is 405 g/mol. The minimum absolute atomic E-state index is 0.0343. The van der Waals surface area contributed by atoms with Crippen LogP contribution in [0.1, 0.15) is 24.2 Å². The van der Waals surface area contributed by atoms with Crippen molar-refractivity contribution < 1.29 is 22.3 Å². The highest BCUT2D eigenvalue weighted by atomic mass is 35.5. The fourth-order valence-corrected chi connectivity index (χ4v) is 4.38. The van der Waals surface area contributed by atoms with Gasteiger partial charge in [0.15, 0.2) is 0 Å². The molecule has 1 aromatic carbocycles. The standard InChI is InChI=1S/C21H24ClF3N2O2/c22-19-13-15(21(23,24)25)1-3-18(19)20-4-2-17(29-20)14-26-7-5-16(6-8-26)27-9-11-28-12-10-27/h1-4,13,16H,5-12,14H2. The smallest absolute Gasteiger partial charge is 0.416 e. The fraction of sp³-hybridized carbons (Fsp3) is 0.524. The number of rotatable bonds is 4. The van der Waals surface area contributed by atoms with Crippen LogP contribution in [0.4, 0.5) is 13.2 Å². The number of morpholine rings is 1. The Morgan fingerprint density at radius 3 is 2.38 bits per heavy atom. The van der Waals surface area contributed by atoms with E-state index in [1.165, 1.54) is 6.07 Å². The summed E-state index contributed by atoms with van der Waals surface area (Å²) < 4.78 is 49.8. The number of alkyl halides is 3. The zero-order chi connectivity index (χ0) is 20.4. The molecule has 0 aliphatic carbocycles. The van der Waals surface area contributed by atoms with Gasteiger partial charge in [0.25, 0.3) is 0 Å². The van der Waals surface area contributed by atoms with Crippen molar-refractivity contribution in [2.45, 2.75) is 31.6 Å². The van der Waals surface area contributed by atoms with Crippen molar-refractivity contribution in [3.8, 4) is 11.3 Å². The van der Waals surface area contributed by atoms with Gasteiger partial charge in [0.2, 0.25) is 0 Å². The van der Waals surface area contributed by atoms with E-state index in [2.05, 4.69) is 9.80 Å². The third-order valence-corrected chi connectivity index (χ3v) is 6.03. The number of hydrogen-bond acceptors (Lipinski definition) is 4. The van der Waals surface area contributed by atoms with Crippen LogP contribution in [0, 0.1) is 0 Å². The minimum Gasteiger partial charge on any atom is -0.460 e. The van der Waals surface area contributed by atoms with Crippen LogP contribution in [-0.4, -0.2) is 55.2 Å². The highest BCUT2D eigenvalue weighted by Gasteiger charge is 2.31. The molecule has 0 radical (unpaired) electrons. The summed E-state index contributed by atoms with van der Waals surface area (Å²) in [5.74, 6) is 1.28. The molecule has 4 rings (SSSR count). The lowest BCUT2D eigenvalue weighted by molar-refractivity contribution is -0.137. The molecule has 0 atom stereocenters. The van der Waals surface area contributed by atoms with Gasteiger partial charge in [0, 0.05) is 37.8 Å². The summed E-state index contributed by atoms with van der Waals surface area (Å²) in [4.78, 5) is 4.88. The van der Waals surface area contributed by atoms with Crippen molar-refractivity contribution >= 4 is 11.6 Å². The van der Waals surface area contributed by atoms with Gasteiger partial charge in [0.05, 0.1) is 30.3 Å². The summed E-state index contributed by atoms with van der Waals surface area (Å²) in [5.41, 5.74) is -0.293. The van der Waals surface area contributed by atoms with Gasteiger partial charge < -0.3 is 9.15 Å². The van der Waals surface area contributed by atoms with Gasteiger partial charge in [-0.15, -0.1) is 0 Å². The second kappa shape index (κ2) is 8.68. The van der Waals surface area contributed by atoms with Gasteiger partial charge in [0.1, 0.15) is 11.5 Å². The first-order chi connectivity index (χ1) is 13.9. The van der Waals surface area contributed by atoms with Crippen LogP contribution in [0.3, 0.4) is 0 Å². The normalized spacial score (nSPS) is 20.3. The predicted octanol–water partition coefficient (Wildman–Crippen LogP) is 4.92. The Balaban J connectivity index is 1.35. The van der Waals surface area contributed by atoms with Crippen molar-refractivity contribution in [3.05, 3.63) is 46.7 Å². The Morgan fingerprint density at radius 2 is 1.72 bits per heavy atom. The molecule has 4 nitrogen and oxygen atoms in total. The van der Waals surface area contributed by atoms with E-state index in [-0.39, 0.29) is 5.02 Å². The number of nitrogens with zero attached hydrogens (tertiary/aromatic N) is 2. The summed E-state index contributed by atoms with van der Waals surface area (Å²) in [5, 5.41) is 0.0343. The lowest BCUT2D eigenvalue weighted by Gasteiger charge is -2.39. The van der Waals surface area contributed by atoms with Crippen molar-refractivity contribution in [3.63, 3.8) is 0 Å². The first-order valence-electron chi connectivity index (χ1n) is 9.90. The maximum atomic E-state index is 12.8. The van der Waals surface area contributed by atoms with Gasteiger partial charge in [-0.25, -0.2) is 0 Å². The molecule has 0 N–H and O–H groups in total. The average molecular weight is 429 g/mol. The van der Waals surface area contributed by atoms with E-state index in [0.717, 1.165) is 70.1 Å². The Kier molecular flexibility index (Phi) is 6.20. The molecule has 29 heavy (non-hydrogen) atoms. The van der Waals surface area contributed by atoms with E-state index in [0.29, 0.717) is 23.9 Å². The average Bonchev–Trinajstić information content (AvgIpc) is 3.16. The molecule has 0 unspecified atom stereocenters. The zero-order valence-electron chi connectivity index (χ0n) is 16.1. The number of likely N-dealkylation sites (tertiary alicyclic amines) is 1. The van der Waals surface area contributed by atoms with Gasteiger partial charge in [-0.3, -0.25) is 9.80 Å². The molecule has 8 heteroatoms. The number of benzene rings is 1. The van der Waals surface area contributed by atoms with Gasteiger partial charge in [-0.1, -0.05) is 11.6 Å².